The van der Waals surface area contributed by atoms with E-state index in [1.54, 1.807) is 24.3 Å². The Labute approximate surface area is 187 Å². The standard InChI is InChI=1S/C22H24O8S2/c23-31(24,25)29-17-9-11-19-15(13-17)7-8-16-14-18(30-32(26,27)28)10-12-20(16)22-6-4-2-1-3-5-21(19)22/h9-14H,1-8H2,(H,23,24,25)(H,26,27,28)/b22-21-. The van der Waals surface area contributed by atoms with E-state index in [9.17, 15) is 16.8 Å². The third-order valence-corrected chi connectivity index (χ3v) is 6.64. The summed E-state index contributed by atoms with van der Waals surface area (Å²) in [5.41, 5.74) is 6.20. The summed E-state index contributed by atoms with van der Waals surface area (Å²) in [5, 5.41) is 0. The van der Waals surface area contributed by atoms with Crippen molar-refractivity contribution in [2.75, 3.05) is 0 Å². The first-order chi connectivity index (χ1) is 15.1. The number of allylic oxidation sites excluding steroid dienone is 2. The van der Waals surface area contributed by atoms with Crippen molar-refractivity contribution in [1.29, 1.82) is 0 Å². The summed E-state index contributed by atoms with van der Waals surface area (Å²) in [7, 11) is -9.27. The molecule has 0 saturated heterocycles. The minimum absolute atomic E-state index is 0.0310. The molecule has 0 fully saturated rings. The molecule has 0 spiro atoms. The maximum atomic E-state index is 11.2. The second kappa shape index (κ2) is 8.86. The van der Waals surface area contributed by atoms with Crippen molar-refractivity contribution in [3.8, 4) is 11.5 Å². The van der Waals surface area contributed by atoms with Crippen molar-refractivity contribution in [1.82, 2.24) is 0 Å². The van der Waals surface area contributed by atoms with E-state index in [1.165, 1.54) is 11.1 Å². The van der Waals surface area contributed by atoms with Gasteiger partial charge < -0.3 is 8.37 Å². The molecule has 0 aliphatic heterocycles. The van der Waals surface area contributed by atoms with E-state index in [0.29, 0.717) is 12.8 Å². The van der Waals surface area contributed by atoms with E-state index in [-0.39, 0.29) is 11.5 Å². The molecule has 2 aliphatic carbocycles. The van der Waals surface area contributed by atoms with Gasteiger partial charge in [0.15, 0.2) is 0 Å². The number of aryl methyl sites for hydroxylation is 2. The molecule has 4 rings (SSSR count). The molecule has 0 radical (unpaired) electrons. The lowest BCUT2D eigenvalue weighted by Crippen LogP contribution is -2.11. The molecule has 2 aromatic rings. The van der Waals surface area contributed by atoms with E-state index >= 15 is 0 Å². The largest absolute Gasteiger partial charge is 0.446 e. The van der Waals surface area contributed by atoms with Gasteiger partial charge in [-0.3, -0.25) is 9.11 Å². The number of rotatable bonds is 4. The lowest BCUT2D eigenvalue weighted by molar-refractivity contribution is 0.384. The zero-order chi connectivity index (χ0) is 22.9. The Kier molecular flexibility index (Phi) is 6.30. The van der Waals surface area contributed by atoms with Gasteiger partial charge in [0.05, 0.1) is 0 Å². The Hall–Kier alpha value is -2.40. The Balaban J connectivity index is 1.86. The van der Waals surface area contributed by atoms with Crippen LogP contribution in [-0.4, -0.2) is 25.9 Å². The maximum Gasteiger partial charge on any atom is 0.446 e. The van der Waals surface area contributed by atoms with Gasteiger partial charge in [-0.1, -0.05) is 25.0 Å². The van der Waals surface area contributed by atoms with Crippen LogP contribution in [0.2, 0.25) is 0 Å². The lowest BCUT2D eigenvalue weighted by atomic mass is 9.79. The summed E-state index contributed by atoms with van der Waals surface area (Å²) in [5.74, 6) is 0.0620. The van der Waals surface area contributed by atoms with Gasteiger partial charge in [-0.15, -0.1) is 0 Å². The molecule has 32 heavy (non-hydrogen) atoms. The van der Waals surface area contributed by atoms with Crippen LogP contribution in [0.4, 0.5) is 0 Å². The molecule has 0 saturated carbocycles. The number of fused-ring (bicyclic) bond motifs is 4. The zero-order valence-electron chi connectivity index (χ0n) is 17.3. The van der Waals surface area contributed by atoms with Crippen molar-refractivity contribution in [3.63, 3.8) is 0 Å². The molecule has 0 unspecified atom stereocenters. The van der Waals surface area contributed by atoms with E-state index in [2.05, 4.69) is 8.37 Å². The minimum Gasteiger partial charge on any atom is -0.362 e. The molecule has 10 heteroatoms. The van der Waals surface area contributed by atoms with Gasteiger partial charge in [-0.2, -0.15) is 16.8 Å². The van der Waals surface area contributed by atoms with Gasteiger partial charge in [0, 0.05) is 0 Å². The topological polar surface area (TPSA) is 127 Å². The highest BCUT2D eigenvalue weighted by Crippen LogP contribution is 2.42. The predicted octanol–water partition coefficient (Wildman–Crippen LogP) is 4.41. The van der Waals surface area contributed by atoms with Crippen molar-refractivity contribution in [2.45, 2.75) is 51.4 Å². The summed E-state index contributed by atoms with van der Waals surface area (Å²) in [4.78, 5) is 0. The fourth-order valence-corrected chi connectivity index (χ4v) is 5.31. The van der Waals surface area contributed by atoms with Crippen molar-refractivity contribution in [2.24, 2.45) is 0 Å². The first-order valence-electron chi connectivity index (χ1n) is 10.4. The van der Waals surface area contributed by atoms with Gasteiger partial charge in [0.1, 0.15) is 11.5 Å². The second-order valence-corrected chi connectivity index (χ2v) is 10.1. The van der Waals surface area contributed by atoms with Crippen LogP contribution in [0.1, 0.15) is 60.8 Å². The first kappa shape index (κ1) is 22.8. The van der Waals surface area contributed by atoms with Crippen LogP contribution in [0.15, 0.2) is 36.4 Å². The van der Waals surface area contributed by atoms with Crippen molar-refractivity contribution in [3.05, 3.63) is 58.7 Å². The molecule has 0 aromatic heterocycles. The molecule has 2 N–H and O–H groups in total. The Morgan fingerprint density at radius 1 is 0.594 bits per heavy atom. The molecule has 0 amide bonds. The third kappa shape index (κ3) is 5.50. The van der Waals surface area contributed by atoms with Gasteiger partial charge in [-0.25, -0.2) is 0 Å². The smallest absolute Gasteiger partial charge is 0.362 e. The first-order valence-corrected chi connectivity index (χ1v) is 13.1. The third-order valence-electron chi connectivity index (χ3n) is 5.84. The molecule has 8 nitrogen and oxygen atoms in total. The minimum atomic E-state index is -4.63. The highest BCUT2D eigenvalue weighted by molar-refractivity contribution is 7.81. The van der Waals surface area contributed by atoms with E-state index in [0.717, 1.165) is 60.8 Å². The average molecular weight is 481 g/mol. The van der Waals surface area contributed by atoms with Gasteiger partial charge in [0.25, 0.3) is 0 Å². The molecule has 0 heterocycles. The Bertz CT molecular complexity index is 1180. The van der Waals surface area contributed by atoms with Crippen molar-refractivity contribution >= 4 is 31.9 Å². The maximum absolute atomic E-state index is 11.2. The molecule has 2 aliphatic rings. The normalized spacial score (nSPS) is 19.3. The van der Waals surface area contributed by atoms with Gasteiger partial charge >= 0.3 is 20.8 Å². The van der Waals surface area contributed by atoms with Crippen LogP contribution < -0.4 is 8.37 Å². The molecule has 0 bridgehead atoms. The van der Waals surface area contributed by atoms with Crippen LogP contribution in [0.25, 0.3) is 11.1 Å². The fraction of sp³-hybridized carbons (Fsp3) is 0.364. The van der Waals surface area contributed by atoms with E-state index < -0.39 is 20.8 Å². The predicted molar refractivity (Wildman–Crippen MR) is 119 cm³/mol. The number of hydrogen-bond acceptors (Lipinski definition) is 6. The summed E-state index contributed by atoms with van der Waals surface area (Å²) < 4.78 is 72.0. The summed E-state index contributed by atoms with van der Waals surface area (Å²) >= 11 is 0. The quantitative estimate of drug-likeness (QED) is 0.616. The van der Waals surface area contributed by atoms with Crippen molar-refractivity contribution < 1.29 is 34.3 Å². The van der Waals surface area contributed by atoms with Crippen LogP contribution in [-0.2, 0) is 33.6 Å². The van der Waals surface area contributed by atoms with E-state index in [4.69, 9.17) is 9.11 Å². The molecular weight excluding hydrogens is 456 g/mol. The molecule has 2 aromatic carbocycles. The molecule has 0 atom stereocenters. The van der Waals surface area contributed by atoms with Gasteiger partial charge in [-0.05, 0) is 96.2 Å². The second-order valence-electron chi connectivity index (χ2n) is 8.03. The van der Waals surface area contributed by atoms with Crippen LogP contribution >= 0.6 is 0 Å². The van der Waals surface area contributed by atoms with E-state index in [1.807, 2.05) is 12.1 Å². The fourth-order valence-electron chi connectivity index (χ4n) is 4.61. The number of hydrogen-bond donors (Lipinski definition) is 2. The van der Waals surface area contributed by atoms with Crippen LogP contribution in [0, 0.1) is 0 Å². The summed E-state index contributed by atoms with van der Waals surface area (Å²) in [6.07, 6.45) is 7.12. The van der Waals surface area contributed by atoms with Crippen LogP contribution in [0.5, 0.6) is 11.5 Å². The Morgan fingerprint density at radius 2 is 1.00 bits per heavy atom. The number of benzene rings is 2. The molecular formula is C22H24O8S2. The Morgan fingerprint density at radius 3 is 1.38 bits per heavy atom. The SMILES string of the molecule is O=S(=O)(O)Oc1ccc2c(c1)CCc1cc(OS(=O)(=O)O)ccc1/C1=C\2CCCCCC1. The van der Waals surface area contributed by atoms with Gasteiger partial charge in [0.2, 0.25) is 0 Å². The summed E-state index contributed by atoms with van der Waals surface area (Å²) in [6, 6.07) is 10.0. The monoisotopic (exact) mass is 480 g/mol. The molecule has 172 valence electrons. The average Bonchev–Trinajstić information content (AvgIpc) is 2.64. The zero-order valence-corrected chi connectivity index (χ0v) is 18.9. The van der Waals surface area contributed by atoms with Crippen LogP contribution in [0.3, 0.4) is 0 Å². The lowest BCUT2D eigenvalue weighted by Gasteiger charge is -2.26. The highest BCUT2D eigenvalue weighted by Gasteiger charge is 2.23. The summed E-state index contributed by atoms with van der Waals surface area (Å²) in [6.45, 7) is 0. The highest BCUT2D eigenvalue weighted by atomic mass is 32.3.